The Morgan fingerprint density at radius 1 is 1.29 bits per heavy atom. The van der Waals surface area contributed by atoms with Crippen molar-refractivity contribution in [1.29, 1.82) is 0 Å². The third kappa shape index (κ3) is 3.42. The van der Waals surface area contributed by atoms with Crippen LogP contribution >= 0.6 is 0 Å². The van der Waals surface area contributed by atoms with Gasteiger partial charge in [-0.1, -0.05) is 32.9 Å². The molecule has 1 heterocycles. The molecule has 1 fully saturated rings. The molecule has 0 radical (unpaired) electrons. The van der Waals surface area contributed by atoms with E-state index in [1.807, 2.05) is 0 Å². The van der Waals surface area contributed by atoms with E-state index in [-0.39, 0.29) is 5.54 Å². The molecule has 1 aromatic rings. The Balaban J connectivity index is 1.66. The van der Waals surface area contributed by atoms with Crippen LogP contribution in [0.3, 0.4) is 0 Å². The van der Waals surface area contributed by atoms with Crippen LogP contribution in [0.5, 0.6) is 5.75 Å². The minimum absolute atomic E-state index is 0.0106. The third-order valence-electron chi connectivity index (χ3n) is 5.15. The first kappa shape index (κ1) is 14.9. The molecule has 3 rings (SSSR count). The number of nitrogens with two attached hydrogens (primary N) is 1. The Hall–Kier alpha value is -1.02. The number of ether oxygens (including phenoxy) is 1. The van der Waals surface area contributed by atoms with Gasteiger partial charge in [-0.3, -0.25) is 0 Å². The Labute approximate surface area is 129 Å². The molecule has 2 heteroatoms. The molecule has 2 unspecified atom stereocenters. The van der Waals surface area contributed by atoms with Crippen LogP contribution < -0.4 is 10.5 Å². The quantitative estimate of drug-likeness (QED) is 0.908. The van der Waals surface area contributed by atoms with Crippen molar-refractivity contribution in [3.8, 4) is 5.75 Å². The molecule has 2 atom stereocenters. The van der Waals surface area contributed by atoms with Gasteiger partial charge < -0.3 is 10.5 Å². The fourth-order valence-electron chi connectivity index (χ4n) is 4.79. The van der Waals surface area contributed by atoms with Crippen molar-refractivity contribution < 1.29 is 4.74 Å². The number of aryl methyl sites for hydroxylation is 1. The highest BCUT2D eigenvalue weighted by Gasteiger charge is 2.39. The summed E-state index contributed by atoms with van der Waals surface area (Å²) in [5, 5.41) is 0. The first-order valence-electron chi connectivity index (χ1n) is 8.39. The van der Waals surface area contributed by atoms with Crippen LogP contribution in [0.15, 0.2) is 18.2 Å². The summed E-state index contributed by atoms with van der Waals surface area (Å²) < 4.78 is 5.58. The highest BCUT2D eigenvalue weighted by Crippen LogP contribution is 2.44. The van der Waals surface area contributed by atoms with Crippen molar-refractivity contribution in [3.05, 3.63) is 29.3 Å². The van der Waals surface area contributed by atoms with E-state index in [0.29, 0.717) is 5.41 Å². The second kappa shape index (κ2) is 5.31. The van der Waals surface area contributed by atoms with Crippen LogP contribution in [0.25, 0.3) is 0 Å². The summed E-state index contributed by atoms with van der Waals surface area (Å²) in [6.45, 7) is 7.94. The summed E-state index contributed by atoms with van der Waals surface area (Å²) in [5.74, 6) is 1.82. The topological polar surface area (TPSA) is 35.2 Å². The molecule has 21 heavy (non-hydrogen) atoms. The lowest BCUT2D eigenvalue weighted by molar-refractivity contribution is 0.102. The number of fused-ring (bicyclic) bond motifs is 1. The van der Waals surface area contributed by atoms with Gasteiger partial charge in [-0.15, -0.1) is 0 Å². The van der Waals surface area contributed by atoms with E-state index < -0.39 is 0 Å². The second-order valence-electron chi connectivity index (χ2n) is 8.26. The van der Waals surface area contributed by atoms with Crippen molar-refractivity contribution in [1.82, 2.24) is 0 Å². The Kier molecular flexibility index (Phi) is 3.77. The fraction of sp³-hybridized carbons (Fsp3) is 0.684. The van der Waals surface area contributed by atoms with E-state index in [1.54, 1.807) is 0 Å². The summed E-state index contributed by atoms with van der Waals surface area (Å²) in [7, 11) is 0. The lowest BCUT2D eigenvalue weighted by Gasteiger charge is -2.46. The monoisotopic (exact) mass is 287 g/mol. The van der Waals surface area contributed by atoms with Crippen LogP contribution in [0.1, 0.15) is 57.6 Å². The zero-order valence-corrected chi connectivity index (χ0v) is 13.7. The summed E-state index contributed by atoms with van der Waals surface area (Å²) in [6.07, 6.45) is 6.87. The van der Waals surface area contributed by atoms with E-state index in [9.17, 15) is 0 Å². The molecule has 0 amide bonds. The maximum Gasteiger partial charge on any atom is 0.122 e. The molecule has 0 aromatic heterocycles. The highest BCUT2D eigenvalue weighted by atomic mass is 16.5. The van der Waals surface area contributed by atoms with E-state index >= 15 is 0 Å². The Bertz CT molecular complexity index is 522. The second-order valence-corrected chi connectivity index (χ2v) is 8.26. The zero-order chi connectivity index (χ0) is 15.1. The standard InChI is InChI=1S/C19H29NO/c1-14-11-18(2,3)13-19(20,12-14)8-6-15-4-5-17-16(10-15)7-9-21-17/h4-5,10,14H,6-9,11-13,20H2,1-3H3. The van der Waals surface area contributed by atoms with E-state index in [2.05, 4.69) is 39.0 Å². The van der Waals surface area contributed by atoms with Crippen molar-refractivity contribution in [2.45, 2.75) is 64.8 Å². The van der Waals surface area contributed by atoms with Crippen molar-refractivity contribution in [3.63, 3.8) is 0 Å². The maximum atomic E-state index is 6.76. The molecular weight excluding hydrogens is 258 g/mol. The van der Waals surface area contributed by atoms with Crippen molar-refractivity contribution in [2.75, 3.05) is 6.61 Å². The van der Waals surface area contributed by atoms with Gasteiger partial charge in [0.1, 0.15) is 5.75 Å². The molecule has 0 bridgehead atoms. The third-order valence-corrected chi connectivity index (χ3v) is 5.15. The average Bonchev–Trinajstić information content (AvgIpc) is 2.80. The van der Waals surface area contributed by atoms with Gasteiger partial charge in [0.25, 0.3) is 0 Å². The largest absolute Gasteiger partial charge is 0.493 e. The van der Waals surface area contributed by atoms with Crippen molar-refractivity contribution >= 4 is 0 Å². The number of rotatable bonds is 3. The lowest BCUT2D eigenvalue weighted by atomic mass is 9.63. The summed E-state index contributed by atoms with van der Waals surface area (Å²) in [4.78, 5) is 0. The molecule has 1 aliphatic heterocycles. The predicted octanol–water partition coefficient (Wildman–Crippen LogP) is 4.10. The summed E-state index contributed by atoms with van der Waals surface area (Å²) >= 11 is 0. The van der Waals surface area contributed by atoms with E-state index in [0.717, 1.165) is 44.0 Å². The predicted molar refractivity (Wildman–Crippen MR) is 87.7 cm³/mol. The zero-order valence-electron chi connectivity index (χ0n) is 13.7. The van der Waals surface area contributed by atoms with Gasteiger partial charge in [-0.2, -0.15) is 0 Å². The Morgan fingerprint density at radius 3 is 2.86 bits per heavy atom. The molecule has 2 nitrogen and oxygen atoms in total. The molecule has 0 saturated heterocycles. The molecule has 116 valence electrons. The minimum atomic E-state index is 0.0106. The van der Waals surface area contributed by atoms with Gasteiger partial charge in [0.05, 0.1) is 6.61 Å². The van der Waals surface area contributed by atoms with Gasteiger partial charge in [0.2, 0.25) is 0 Å². The van der Waals surface area contributed by atoms with E-state index in [1.165, 1.54) is 24.0 Å². The minimum Gasteiger partial charge on any atom is -0.493 e. The molecule has 0 spiro atoms. The summed E-state index contributed by atoms with van der Waals surface area (Å²) in [5.41, 5.74) is 9.95. The summed E-state index contributed by atoms with van der Waals surface area (Å²) in [6, 6.07) is 6.67. The lowest BCUT2D eigenvalue weighted by Crippen LogP contribution is -2.49. The van der Waals surface area contributed by atoms with Gasteiger partial charge in [0.15, 0.2) is 0 Å². The van der Waals surface area contributed by atoms with Gasteiger partial charge >= 0.3 is 0 Å². The van der Waals surface area contributed by atoms with Crippen LogP contribution in [0, 0.1) is 11.3 Å². The number of benzene rings is 1. The fourth-order valence-corrected chi connectivity index (χ4v) is 4.79. The molecule has 1 aromatic carbocycles. The van der Waals surface area contributed by atoms with Gasteiger partial charge in [-0.05, 0) is 60.6 Å². The first-order chi connectivity index (χ1) is 9.85. The molecule has 1 aliphatic carbocycles. The number of hydrogen-bond acceptors (Lipinski definition) is 2. The highest BCUT2D eigenvalue weighted by molar-refractivity contribution is 5.39. The van der Waals surface area contributed by atoms with Gasteiger partial charge in [0, 0.05) is 12.0 Å². The van der Waals surface area contributed by atoms with Crippen LogP contribution in [-0.2, 0) is 12.8 Å². The maximum absolute atomic E-state index is 6.76. The normalized spacial score (nSPS) is 30.8. The molecule has 2 N–H and O–H groups in total. The molecular formula is C19H29NO. The number of hydrogen-bond donors (Lipinski definition) is 1. The SMILES string of the molecule is CC1CC(C)(C)CC(N)(CCc2ccc3c(c2)CCO3)C1. The van der Waals surface area contributed by atoms with Gasteiger partial charge in [-0.25, -0.2) is 0 Å². The average molecular weight is 287 g/mol. The van der Waals surface area contributed by atoms with Crippen molar-refractivity contribution in [2.24, 2.45) is 17.1 Å². The van der Waals surface area contributed by atoms with Crippen LogP contribution in [0.2, 0.25) is 0 Å². The smallest absolute Gasteiger partial charge is 0.122 e. The van der Waals surface area contributed by atoms with Crippen LogP contribution in [0.4, 0.5) is 0 Å². The first-order valence-corrected chi connectivity index (χ1v) is 8.39. The Morgan fingerprint density at radius 2 is 2.10 bits per heavy atom. The van der Waals surface area contributed by atoms with Crippen LogP contribution in [-0.4, -0.2) is 12.1 Å². The molecule has 2 aliphatic rings. The van der Waals surface area contributed by atoms with E-state index in [4.69, 9.17) is 10.5 Å². The molecule has 1 saturated carbocycles.